The van der Waals surface area contributed by atoms with Crippen LogP contribution in [0.3, 0.4) is 0 Å². The zero-order chi connectivity index (χ0) is 20.9. The minimum Gasteiger partial charge on any atom is -0.370 e. The zero-order valence-corrected chi connectivity index (χ0v) is 18.7. The van der Waals surface area contributed by atoms with Crippen molar-refractivity contribution in [2.24, 2.45) is 0 Å². The first-order valence-electron chi connectivity index (χ1n) is 11.3. The lowest BCUT2D eigenvalue weighted by molar-refractivity contribution is 0.312. The highest BCUT2D eigenvalue weighted by Gasteiger charge is 2.19. The van der Waals surface area contributed by atoms with Gasteiger partial charge in [-0.2, -0.15) is 0 Å². The minimum atomic E-state index is 0.795. The third-order valence-corrected chi connectivity index (χ3v) is 6.09. The van der Waals surface area contributed by atoms with Gasteiger partial charge in [-0.1, -0.05) is 0 Å². The molecule has 7 heteroatoms. The Morgan fingerprint density at radius 1 is 1.03 bits per heavy atom. The van der Waals surface area contributed by atoms with Crippen LogP contribution < -0.4 is 10.2 Å². The number of hydrogen-bond donors (Lipinski definition) is 1. The van der Waals surface area contributed by atoms with E-state index in [-0.39, 0.29) is 0 Å². The van der Waals surface area contributed by atoms with Crippen LogP contribution in [0.5, 0.6) is 0 Å². The molecule has 0 bridgehead atoms. The largest absolute Gasteiger partial charge is 0.370 e. The number of pyridine rings is 1. The average molecular weight is 410 g/mol. The highest BCUT2D eigenvalue weighted by atomic mass is 15.3. The summed E-state index contributed by atoms with van der Waals surface area (Å²) in [5.41, 5.74) is 3.53. The Labute approximate surface area is 180 Å². The molecule has 1 aliphatic carbocycles. The van der Waals surface area contributed by atoms with E-state index in [0.29, 0.717) is 0 Å². The van der Waals surface area contributed by atoms with Crippen molar-refractivity contribution in [2.45, 2.75) is 32.1 Å². The van der Waals surface area contributed by atoms with E-state index in [4.69, 9.17) is 15.0 Å². The average Bonchev–Trinajstić information content (AvgIpc) is 2.77. The van der Waals surface area contributed by atoms with E-state index in [1.54, 1.807) is 0 Å². The van der Waals surface area contributed by atoms with E-state index in [1.165, 1.54) is 24.1 Å². The Hall–Kier alpha value is -2.25. The van der Waals surface area contributed by atoms with Gasteiger partial charge in [0.15, 0.2) is 5.82 Å². The Balaban J connectivity index is 1.52. The van der Waals surface area contributed by atoms with Gasteiger partial charge in [0, 0.05) is 55.7 Å². The Morgan fingerprint density at radius 3 is 2.57 bits per heavy atom. The first kappa shape index (κ1) is 21.0. The normalized spacial score (nSPS) is 17.3. The van der Waals surface area contributed by atoms with E-state index in [1.807, 2.05) is 6.20 Å². The molecule has 1 N–H and O–H groups in total. The molecule has 3 heterocycles. The zero-order valence-electron chi connectivity index (χ0n) is 18.7. The molecule has 162 valence electrons. The van der Waals surface area contributed by atoms with E-state index >= 15 is 0 Å². The van der Waals surface area contributed by atoms with Crippen LogP contribution in [0, 0.1) is 0 Å². The predicted molar refractivity (Wildman–Crippen MR) is 123 cm³/mol. The summed E-state index contributed by atoms with van der Waals surface area (Å²) < 4.78 is 0. The van der Waals surface area contributed by atoms with Gasteiger partial charge in [0.25, 0.3) is 0 Å². The number of anilines is 2. The number of likely N-dealkylation sites (N-methyl/N-ethyl adjacent to an activating group) is 1. The van der Waals surface area contributed by atoms with Crippen LogP contribution in [0.15, 0.2) is 18.3 Å². The van der Waals surface area contributed by atoms with E-state index in [9.17, 15) is 0 Å². The Kier molecular flexibility index (Phi) is 6.79. The van der Waals surface area contributed by atoms with Gasteiger partial charge in [0.2, 0.25) is 0 Å². The predicted octanol–water partition coefficient (Wildman–Crippen LogP) is 2.53. The maximum absolute atomic E-state index is 4.93. The van der Waals surface area contributed by atoms with Crippen LogP contribution in [-0.2, 0) is 12.8 Å². The molecular weight excluding hydrogens is 374 g/mol. The molecular formula is C23H35N7. The second-order valence-electron chi connectivity index (χ2n) is 8.81. The van der Waals surface area contributed by atoms with Gasteiger partial charge < -0.3 is 20.0 Å². The van der Waals surface area contributed by atoms with Gasteiger partial charge in [-0.15, -0.1) is 0 Å². The van der Waals surface area contributed by atoms with Crippen molar-refractivity contribution >= 4 is 11.6 Å². The van der Waals surface area contributed by atoms with Gasteiger partial charge in [-0.3, -0.25) is 0 Å². The molecule has 1 aliphatic heterocycles. The van der Waals surface area contributed by atoms with Crippen LogP contribution in [-0.4, -0.2) is 85.2 Å². The molecule has 0 saturated carbocycles. The summed E-state index contributed by atoms with van der Waals surface area (Å²) in [7, 11) is 6.40. The lowest BCUT2D eigenvalue weighted by Crippen LogP contribution is -2.44. The summed E-state index contributed by atoms with van der Waals surface area (Å²) in [5, 5.41) is 3.59. The molecule has 0 aromatic carbocycles. The van der Waals surface area contributed by atoms with Gasteiger partial charge in [-0.25, -0.2) is 15.0 Å². The fourth-order valence-electron chi connectivity index (χ4n) is 4.21. The highest BCUT2D eigenvalue weighted by Crippen LogP contribution is 2.29. The first-order valence-corrected chi connectivity index (χ1v) is 11.3. The molecule has 7 nitrogen and oxygen atoms in total. The van der Waals surface area contributed by atoms with Crippen LogP contribution >= 0.6 is 0 Å². The quantitative estimate of drug-likeness (QED) is 0.705. The van der Waals surface area contributed by atoms with Gasteiger partial charge >= 0.3 is 0 Å². The summed E-state index contributed by atoms with van der Waals surface area (Å²) in [6.07, 6.45) is 7.60. The molecule has 1 saturated heterocycles. The molecule has 1 fully saturated rings. The van der Waals surface area contributed by atoms with Crippen molar-refractivity contribution in [3.05, 3.63) is 29.6 Å². The van der Waals surface area contributed by atoms with Crippen LogP contribution in [0.1, 0.15) is 30.5 Å². The third-order valence-electron chi connectivity index (χ3n) is 6.09. The lowest BCUT2D eigenvalue weighted by Gasteiger charge is -2.33. The number of nitrogens with zero attached hydrogens (tertiary/aromatic N) is 6. The number of aromatic nitrogens is 3. The molecule has 2 aromatic heterocycles. The Bertz CT molecular complexity index is 826. The number of rotatable bonds is 7. The maximum atomic E-state index is 4.93. The molecule has 0 atom stereocenters. The molecule has 0 amide bonds. The number of piperazine rings is 1. The standard InChI is InChI=1S/C23H35N7/c1-28(2)12-6-11-24-23-19-7-4-5-8-20(19)26-22(27-23)18-9-10-21(25-17-18)30-15-13-29(3)14-16-30/h9-10,17H,4-8,11-16H2,1-3H3,(H,24,26,27). The van der Waals surface area contributed by atoms with Crippen molar-refractivity contribution in [3.8, 4) is 11.4 Å². The summed E-state index contributed by atoms with van der Waals surface area (Å²) in [6, 6.07) is 4.24. The molecule has 0 spiro atoms. The summed E-state index contributed by atoms with van der Waals surface area (Å²) in [6.45, 7) is 6.23. The molecule has 0 radical (unpaired) electrons. The van der Waals surface area contributed by atoms with Crippen LogP contribution in [0.25, 0.3) is 11.4 Å². The van der Waals surface area contributed by atoms with E-state index < -0.39 is 0 Å². The smallest absolute Gasteiger partial charge is 0.163 e. The van der Waals surface area contributed by atoms with Crippen LogP contribution in [0.4, 0.5) is 11.6 Å². The number of fused-ring (bicyclic) bond motifs is 1. The van der Waals surface area contributed by atoms with Crippen molar-refractivity contribution in [1.29, 1.82) is 0 Å². The SMILES string of the molecule is CN(C)CCCNc1nc(-c2ccc(N3CCN(C)CC3)nc2)nc2c1CCCC2. The summed E-state index contributed by atoms with van der Waals surface area (Å²) in [4.78, 5) is 21.5. The van der Waals surface area contributed by atoms with Gasteiger partial charge in [0.1, 0.15) is 11.6 Å². The molecule has 4 rings (SSSR count). The fourth-order valence-corrected chi connectivity index (χ4v) is 4.21. The number of hydrogen-bond acceptors (Lipinski definition) is 7. The number of aryl methyl sites for hydroxylation is 1. The van der Waals surface area contributed by atoms with Crippen molar-refractivity contribution in [1.82, 2.24) is 24.8 Å². The van der Waals surface area contributed by atoms with Gasteiger partial charge in [0.05, 0.1) is 0 Å². The second-order valence-corrected chi connectivity index (χ2v) is 8.81. The van der Waals surface area contributed by atoms with E-state index in [2.05, 4.69) is 53.3 Å². The minimum absolute atomic E-state index is 0.795. The summed E-state index contributed by atoms with van der Waals surface area (Å²) >= 11 is 0. The topological polar surface area (TPSA) is 60.4 Å². The fraction of sp³-hybridized carbons (Fsp3) is 0.609. The maximum Gasteiger partial charge on any atom is 0.163 e. The Morgan fingerprint density at radius 2 is 1.83 bits per heavy atom. The van der Waals surface area contributed by atoms with Crippen LogP contribution in [0.2, 0.25) is 0 Å². The molecule has 2 aliphatic rings. The summed E-state index contributed by atoms with van der Waals surface area (Å²) in [5.74, 6) is 2.87. The van der Waals surface area contributed by atoms with Crippen molar-refractivity contribution < 1.29 is 0 Å². The molecule has 2 aromatic rings. The van der Waals surface area contributed by atoms with Crippen molar-refractivity contribution in [3.63, 3.8) is 0 Å². The second kappa shape index (κ2) is 9.71. The number of nitrogens with one attached hydrogen (secondary N) is 1. The first-order chi connectivity index (χ1) is 14.6. The molecule has 30 heavy (non-hydrogen) atoms. The highest BCUT2D eigenvalue weighted by molar-refractivity contribution is 5.61. The third kappa shape index (κ3) is 5.08. The molecule has 0 unspecified atom stereocenters. The monoisotopic (exact) mass is 409 g/mol. The van der Waals surface area contributed by atoms with Crippen molar-refractivity contribution in [2.75, 3.05) is 70.6 Å². The van der Waals surface area contributed by atoms with E-state index in [0.717, 1.165) is 81.6 Å². The lowest BCUT2D eigenvalue weighted by atomic mass is 9.96. The van der Waals surface area contributed by atoms with Gasteiger partial charge in [-0.05, 0) is 71.9 Å².